The fourth-order valence-corrected chi connectivity index (χ4v) is 2.72. The SMILES string of the molecule is CN(Cc1ccc(Cl)s1)c1ccnc(CN)c1. The average molecular weight is 268 g/mol. The largest absolute Gasteiger partial charge is 0.369 e. The molecule has 2 rings (SSSR count). The zero-order valence-corrected chi connectivity index (χ0v) is 11.1. The summed E-state index contributed by atoms with van der Waals surface area (Å²) in [7, 11) is 2.04. The van der Waals surface area contributed by atoms with Gasteiger partial charge in [0.2, 0.25) is 0 Å². The second kappa shape index (κ2) is 5.49. The summed E-state index contributed by atoms with van der Waals surface area (Å²) in [5.74, 6) is 0. The van der Waals surface area contributed by atoms with Crippen molar-refractivity contribution in [2.75, 3.05) is 11.9 Å². The van der Waals surface area contributed by atoms with E-state index in [2.05, 4.69) is 16.0 Å². The van der Waals surface area contributed by atoms with E-state index in [1.54, 1.807) is 17.5 Å². The van der Waals surface area contributed by atoms with Crippen LogP contribution >= 0.6 is 22.9 Å². The average Bonchev–Trinajstić information content (AvgIpc) is 2.75. The van der Waals surface area contributed by atoms with Gasteiger partial charge in [-0.05, 0) is 24.3 Å². The van der Waals surface area contributed by atoms with Crippen LogP contribution in [-0.4, -0.2) is 12.0 Å². The van der Waals surface area contributed by atoms with Crippen LogP contribution in [0, 0.1) is 0 Å². The highest BCUT2D eigenvalue weighted by molar-refractivity contribution is 7.16. The molecule has 0 unspecified atom stereocenters. The maximum atomic E-state index is 5.91. The molecule has 2 N–H and O–H groups in total. The Labute approximate surface area is 110 Å². The van der Waals surface area contributed by atoms with Crippen molar-refractivity contribution in [1.29, 1.82) is 0 Å². The van der Waals surface area contributed by atoms with Crippen molar-refractivity contribution in [2.24, 2.45) is 5.73 Å². The molecule has 0 aliphatic heterocycles. The number of nitrogens with zero attached hydrogens (tertiary/aromatic N) is 2. The van der Waals surface area contributed by atoms with Gasteiger partial charge < -0.3 is 10.6 Å². The van der Waals surface area contributed by atoms with Crippen LogP contribution in [0.25, 0.3) is 0 Å². The van der Waals surface area contributed by atoms with Gasteiger partial charge >= 0.3 is 0 Å². The Kier molecular flexibility index (Phi) is 3.99. The van der Waals surface area contributed by atoms with Gasteiger partial charge in [0.1, 0.15) is 0 Å². The lowest BCUT2D eigenvalue weighted by Crippen LogP contribution is -2.16. The molecule has 0 radical (unpaired) electrons. The number of hydrogen-bond acceptors (Lipinski definition) is 4. The maximum Gasteiger partial charge on any atom is 0.0931 e. The first-order valence-corrected chi connectivity index (χ1v) is 6.49. The van der Waals surface area contributed by atoms with Crippen molar-refractivity contribution in [2.45, 2.75) is 13.1 Å². The molecule has 0 bridgehead atoms. The molecule has 90 valence electrons. The van der Waals surface area contributed by atoms with E-state index in [0.717, 1.165) is 22.3 Å². The van der Waals surface area contributed by atoms with E-state index >= 15 is 0 Å². The lowest BCUT2D eigenvalue weighted by Gasteiger charge is -2.18. The topological polar surface area (TPSA) is 42.2 Å². The minimum absolute atomic E-state index is 0.465. The summed E-state index contributed by atoms with van der Waals surface area (Å²) in [6, 6.07) is 7.96. The third-order valence-electron chi connectivity index (χ3n) is 2.47. The number of hydrogen-bond donors (Lipinski definition) is 1. The molecule has 5 heteroatoms. The first-order chi connectivity index (χ1) is 8.19. The van der Waals surface area contributed by atoms with Gasteiger partial charge in [-0.2, -0.15) is 0 Å². The number of nitrogens with two attached hydrogens (primary N) is 1. The van der Waals surface area contributed by atoms with Crippen molar-refractivity contribution in [3.05, 3.63) is 45.4 Å². The second-order valence-corrected chi connectivity index (χ2v) is 5.57. The monoisotopic (exact) mass is 267 g/mol. The van der Waals surface area contributed by atoms with Crippen LogP contribution in [0.4, 0.5) is 5.69 Å². The van der Waals surface area contributed by atoms with Gasteiger partial charge in [0.05, 0.1) is 16.6 Å². The summed E-state index contributed by atoms with van der Waals surface area (Å²) in [6.45, 7) is 1.30. The molecular formula is C12H14ClN3S. The third kappa shape index (κ3) is 3.19. The van der Waals surface area contributed by atoms with Crippen LogP contribution in [0.3, 0.4) is 0 Å². The number of anilines is 1. The summed E-state index contributed by atoms with van der Waals surface area (Å²) < 4.78 is 0.825. The van der Waals surface area contributed by atoms with Crippen molar-refractivity contribution in [3.63, 3.8) is 0 Å². The van der Waals surface area contributed by atoms with Gasteiger partial charge in [0.15, 0.2) is 0 Å². The lowest BCUT2D eigenvalue weighted by atomic mass is 10.3. The van der Waals surface area contributed by atoms with Gasteiger partial charge in [0.25, 0.3) is 0 Å². The van der Waals surface area contributed by atoms with E-state index in [1.807, 2.05) is 25.2 Å². The molecule has 0 amide bonds. The highest BCUT2D eigenvalue weighted by atomic mass is 35.5. The van der Waals surface area contributed by atoms with E-state index in [4.69, 9.17) is 17.3 Å². The molecule has 0 spiro atoms. The summed E-state index contributed by atoms with van der Waals surface area (Å²) in [5, 5.41) is 0. The lowest BCUT2D eigenvalue weighted by molar-refractivity contribution is 0.922. The number of thiophene rings is 1. The zero-order valence-electron chi connectivity index (χ0n) is 9.56. The first kappa shape index (κ1) is 12.4. The predicted octanol–water partition coefficient (Wildman–Crippen LogP) is 2.89. The van der Waals surface area contributed by atoms with Crippen molar-refractivity contribution in [3.8, 4) is 0 Å². The van der Waals surface area contributed by atoms with Crippen LogP contribution in [0.1, 0.15) is 10.6 Å². The molecule has 3 nitrogen and oxygen atoms in total. The number of halogens is 1. The Balaban J connectivity index is 2.11. The highest BCUT2D eigenvalue weighted by Gasteiger charge is 2.05. The maximum absolute atomic E-state index is 5.91. The minimum atomic E-state index is 0.465. The second-order valence-electron chi connectivity index (χ2n) is 3.77. The molecule has 2 aromatic rings. The van der Waals surface area contributed by atoms with Crippen molar-refractivity contribution >= 4 is 28.6 Å². The van der Waals surface area contributed by atoms with E-state index < -0.39 is 0 Å². The molecule has 0 aliphatic carbocycles. The highest BCUT2D eigenvalue weighted by Crippen LogP contribution is 2.24. The van der Waals surface area contributed by atoms with E-state index in [1.165, 1.54) is 4.88 Å². The smallest absolute Gasteiger partial charge is 0.0931 e. The molecule has 0 saturated heterocycles. The van der Waals surface area contributed by atoms with Crippen LogP contribution in [-0.2, 0) is 13.1 Å². The normalized spacial score (nSPS) is 10.5. The summed E-state index contributed by atoms with van der Waals surface area (Å²) in [4.78, 5) is 7.58. The quantitative estimate of drug-likeness (QED) is 0.926. The number of pyridine rings is 1. The van der Waals surface area contributed by atoms with E-state index in [0.29, 0.717) is 6.54 Å². The van der Waals surface area contributed by atoms with Crippen LogP contribution in [0.5, 0.6) is 0 Å². The standard InChI is InChI=1S/C12H14ClN3S/c1-16(8-11-2-3-12(13)17-11)10-4-5-15-9(6-10)7-14/h2-6H,7-8,14H2,1H3. The number of aromatic nitrogens is 1. The summed E-state index contributed by atoms with van der Waals surface area (Å²) in [5.41, 5.74) is 7.60. The van der Waals surface area contributed by atoms with E-state index in [-0.39, 0.29) is 0 Å². The molecule has 0 atom stereocenters. The zero-order chi connectivity index (χ0) is 12.3. The fraction of sp³-hybridized carbons (Fsp3) is 0.250. The third-order valence-corrected chi connectivity index (χ3v) is 3.69. The Morgan fingerprint density at radius 3 is 2.88 bits per heavy atom. The van der Waals surface area contributed by atoms with Crippen LogP contribution in [0.2, 0.25) is 4.34 Å². The van der Waals surface area contributed by atoms with E-state index in [9.17, 15) is 0 Å². The molecule has 0 aromatic carbocycles. The predicted molar refractivity (Wildman–Crippen MR) is 73.6 cm³/mol. The Morgan fingerprint density at radius 2 is 2.24 bits per heavy atom. The van der Waals surface area contributed by atoms with Crippen LogP contribution in [0.15, 0.2) is 30.5 Å². The Morgan fingerprint density at radius 1 is 1.41 bits per heavy atom. The summed E-state index contributed by atoms with van der Waals surface area (Å²) >= 11 is 7.52. The molecule has 0 aliphatic rings. The van der Waals surface area contributed by atoms with Gasteiger partial charge in [-0.25, -0.2) is 0 Å². The van der Waals surface area contributed by atoms with Gasteiger partial charge in [0, 0.05) is 30.4 Å². The van der Waals surface area contributed by atoms with Gasteiger partial charge in [-0.1, -0.05) is 11.6 Å². The fourth-order valence-electron chi connectivity index (χ4n) is 1.58. The number of rotatable bonds is 4. The first-order valence-electron chi connectivity index (χ1n) is 5.29. The molecule has 2 aromatic heterocycles. The minimum Gasteiger partial charge on any atom is -0.369 e. The molecule has 2 heterocycles. The van der Waals surface area contributed by atoms with Crippen molar-refractivity contribution < 1.29 is 0 Å². The molecule has 17 heavy (non-hydrogen) atoms. The van der Waals surface area contributed by atoms with Gasteiger partial charge in [-0.3, -0.25) is 4.98 Å². The Bertz CT molecular complexity index is 498. The Hall–Kier alpha value is -1.10. The molecular weight excluding hydrogens is 254 g/mol. The van der Waals surface area contributed by atoms with Crippen LogP contribution < -0.4 is 10.6 Å². The summed E-state index contributed by atoms with van der Waals surface area (Å²) in [6.07, 6.45) is 1.79. The molecule has 0 fully saturated rings. The molecule has 0 saturated carbocycles. The van der Waals surface area contributed by atoms with Crippen molar-refractivity contribution in [1.82, 2.24) is 4.98 Å². The van der Waals surface area contributed by atoms with Gasteiger partial charge in [-0.15, -0.1) is 11.3 Å².